The molecule has 1 saturated heterocycles. The number of ether oxygens (including phenoxy) is 1. The van der Waals surface area contributed by atoms with Crippen molar-refractivity contribution in [1.29, 1.82) is 0 Å². The highest BCUT2D eigenvalue weighted by Gasteiger charge is 2.23. The van der Waals surface area contributed by atoms with E-state index in [1.165, 1.54) is 10.1 Å². The van der Waals surface area contributed by atoms with E-state index in [9.17, 15) is 9.59 Å². The highest BCUT2D eigenvalue weighted by molar-refractivity contribution is 5.90. The third-order valence-electron chi connectivity index (χ3n) is 4.28. The lowest BCUT2D eigenvalue weighted by Gasteiger charge is -2.32. The zero-order chi connectivity index (χ0) is 17.6. The summed E-state index contributed by atoms with van der Waals surface area (Å²) >= 11 is 0. The van der Waals surface area contributed by atoms with E-state index in [-0.39, 0.29) is 24.0 Å². The van der Waals surface area contributed by atoms with Gasteiger partial charge in [-0.3, -0.25) is 14.5 Å². The van der Waals surface area contributed by atoms with Crippen molar-refractivity contribution in [3.05, 3.63) is 64.6 Å². The largest absolute Gasteiger partial charge is 0.375 e. The van der Waals surface area contributed by atoms with Gasteiger partial charge in [-0.25, -0.2) is 0 Å². The molecule has 1 N–H and O–H groups in total. The molecule has 2 aromatic rings. The van der Waals surface area contributed by atoms with Gasteiger partial charge in [-0.2, -0.15) is 0 Å². The topological polar surface area (TPSA) is 63.6 Å². The quantitative estimate of drug-likeness (QED) is 0.898. The third-order valence-corrected chi connectivity index (χ3v) is 4.28. The van der Waals surface area contributed by atoms with Gasteiger partial charge in [0.05, 0.1) is 19.1 Å². The molecule has 132 valence electrons. The minimum Gasteiger partial charge on any atom is -0.375 e. The van der Waals surface area contributed by atoms with E-state index in [1.807, 2.05) is 18.2 Å². The first kappa shape index (κ1) is 17.4. The number of pyridine rings is 1. The number of benzene rings is 1. The summed E-state index contributed by atoms with van der Waals surface area (Å²) in [5, 5.41) is 2.69. The number of morpholine rings is 1. The van der Waals surface area contributed by atoms with Crippen molar-refractivity contribution in [2.24, 2.45) is 7.05 Å². The van der Waals surface area contributed by atoms with Crippen molar-refractivity contribution in [2.45, 2.75) is 19.1 Å². The lowest BCUT2D eigenvalue weighted by molar-refractivity contribution is -0.121. The Hall–Kier alpha value is -2.44. The van der Waals surface area contributed by atoms with Gasteiger partial charge in [0.2, 0.25) is 5.91 Å². The fourth-order valence-electron chi connectivity index (χ4n) is 2.99. The highest BCUT2D eigenvalue weighted by atomic mass is 16.5. The molecule has 2 heterocycles. The molecule has 0 spiro atoms. The molecule has 1 aromatic heterocycles. The summed E-state index contributed by atoms with van der Waals surface area (Å²) < 4.78 is 7.16. The molecule has 0 bridgehead atoms. The van der Waals surface area contributed by atoms with Crippen LogP contribution in [0.2, 0.25) is 0 Å². The zero-order valence-corrected chi connectivity index (χ0v) is 14.4. The normalized spacial score (nSPS) is 18.0. The maximum Gasteiger partial charge on any atom is 0.274 e. The second kappa shape index (κ2) is 8.09. The summed E-state index contributed by atoms with van der Waals surface area (Å²) in [5.41, 5.74) is 1.33. The van der Waals surface area contributed by atoms with Crippen LogP contribution in [0, 0.1) is 0 Å². The van der Waals surface area contributed by atoms with E-state index in [4.69, 9.17) is 4.74 Å². The number of hydrogen-bond donors (Lipinski definition) is 1. The Balaban J connectivity index is 1.54. The summed E-state index contributed by atoms with van der Waals surface area (Å²) in [6, 6.07) is 13.6. The monoisotopic (exact) mass is 341 g/mol. The SMILES string of the molecule is Cn1cccc(NC(=O)C[C@H]2CN(Cc3ccccc3)CCO2)c1=O. The van der Waals surface area contributed by atoms with Crippen LogP contribution in [-0.2, 0) is 23.1 Å². The van der Waals surface area contributed by atoms with Gasteiger partial charge in [0, 0.05) is 32.9 Å². The van der Waals surface area contributed by atoms with Gasteiger partial charge >= 0.3 is 0 Å². The summed E-state index contributed by atoms with van der Waals surface area (Å²) in [5.74, 6) is -0.199. The minimum atomic E-state index is -0.217. The smallest absolute Gasteiger partial charge is 0.274 e. The number of aromatic nitrogens is 1. The van der Waals surface area contributed by atoms with Crippen LogP contribution in [0.1, 0.15) is 12.0 Å². The van der Waals surface area contributed by atoms with Gasteiger partial charge < -0.3 is 14.6 Å². The molecule has 1 fully saturated rings. The summed E-state index contributed by atoms with van der Waals surface area (Å²) in [4.78, 5) is 26.5. The zero-order valence-electron chi connectivity index (χ0n) is 14.4. The van der Waals surface area contributed by atoms with E-state index in [2.05, 4.69) is 22.3 Å². The Morgan fingerprint density at radius 1 is 1.24 bits per heavy atom. The second-order valence-corrected chi connectivity index (χ2v) is 6.30. The molecule has 6 nitrogen and oxygen atoms in total. The lowest BCUT2D eigenvalue weighted by atomic mass is 10.1. The predicted molar refractivity (Wildman–Crippen MR) is 96.4 cm³/mol. The van der Waals surface area contributed by atoms with Crippen LogP contribution in [-0.4, -0.2) is 41.2 Å². The van der Waals surface area contributed by atoms with Crippen molar-refractivity contribution >= 4 is 11.6 Å². The molecule has 1 amide bonds. The first-order valence-corrected chi connectivity index (χ1v) is 8.45. The Kier molecular flexibility index (Phi) is 5.63. The molecule has 0 aliphatic carbocycles. The van der Waals surface area contributed by atoms with Gasteiger partial charge in [-0.15, -0.1) is 0 Å². The van der Waals surface area contributed by atoms with Crippen LogP contribution in [0.5, 0.6) is 0 Å². The number of amides is 1. The second-order valence-electron chi connectivity index (χ2n) is 6.30. The number of carbonyl (C=O) groups excluding carboxylic acids is 1. The first-order valence-electron chi connectivity index (χ1n) is 8.45. The minimum absolute atomic E-state index is 0.162. The van der Waals surface area contributed by atoms with Gasteiger partial charge in [0.15, 0.2) is 0 Å². The third kappa shape index (κ3) is 4.78. The van der Waals surface area contributed by atoms with Crippen LogP contribution in [0.15, 0.2) is 53.5 Å². The van der Waals surface area contributed by atoms with Crippen LogP contribution >= 0.6 is 0 Å². The lowest BCUT2D eigenvalue weighted by Crippen LogP contribution is -2.43. The molecule has 6 heteroatoms. The maximum atomic E-state index is 12.3. The number of nitrogens with zero attached hydrogens (tertiary/aromatic N) is 2. The summed E-state index contributed by atoms with van der Waals surface area (Å²) in [6.07, 6.45) is 1.73. The average Bonchev–Trinajstić information content (AvgIpc) is 2.60. The molecule has 1 atom stereocenters. The van der Waals surface area contributed by atoms with Crippen LogP contribution in [0.3, 0.4) is 0 Å². The molecular weight excluding hydrogens is 318 g/mol. The molecule has 1 aliphatic heterocycles. The van der Waals surface area contributed by atoms with Crippen LogP contribution in [0.4, 0.5) is 5.69 Å². The first-order chi connectivity index (χ1) is 12.1. The number of rotatable bonds is 5. The number of carbonyl (C=O) groups is 1. The molecule has 3 rings (SSSR count). The van der Waals surface area contributed by atoms with Gasteiger partial charge in [-0.1, -0.05) is 30.3 Å². The van der Waals surface area contributed by atoms with E-state index in [0.717, 1.165) is 13.1 Å². The summed E-state index contributed by atoms with van der Waals surface area (Å²) in [6.45, 7) is 3.01. The van der Waals surface area contributed by atoms with Crippen molar-refractivity contribution in [1.82, 2.24) is 9.47 Å². The number of aryl methyl sites for hydroxylation is 1. The Morgan fingerprint density at radius 3 is 2.84 bits per heavy atom. The maximum absolute atomic E-state index is 12.3. The van der Waals surface area contributed by atoms with Crippen molar-refractivity contribution in [2.75, 3.05) is 25.0 Å². The van der Waals surface area contributed by atoms with Gasteiger partial charge in [0.1, 0.15) is 5.69 Å². The number of nitrogens with one attached hydrogen (secondary N) is 1. The molecule has 0 unspecified atom stereocenters. The van der Waals surface area contributed by atoms with E-state index in [0.29, 0.717) is 18.8 Å². The number of hydrogen-bond acceptors (Lipinski definition) is 4. The summed E-state index contributed by atoms with van der Waals surface area (Å²) in [7, 11) is 1.66. The Bertz CT molecular complexity index is 773. The molecular formula is C19H23N3O3. The Morgan fingerprint density at radius 2 is 2.04 bits per heavy atom. The van der Waals surface area contributed by atoms with E-state index >= 15 is 0 Å². The molecule has 0 saturated carbocycles. The van der Waals surface area contributed by atoms with Gasteiger partial charge in [-0.05, 0) is 17.7 Å². The van der Waals surface area contributed by atoms with E-state index < -0.39 is 0 Å². The fraction of sp³-hybridized carbons (Fsp3) is 0.368. The Labute approximate surface area is 147 Å². The molecule has 1 aliphatic rings. The molecule has 1 aromatic carbocycles. The standard InChI is InChI=1S/C19H23N3O3/c1-21-9-5-8-17(19(21)24)20-18(23)12-16-14-22(10-11-25-16)13-15-6-3-2-4-7-15/h2-9,16H,10-14H2,1H3,(H,20,23)/t16-/m0/s1. The fourth-order valence-corrected chi connectivity index (χ4v) is 2.99. The highest BCUT2D eigenvalue weighted by Crippen LogP contribution is 2.13. The number of anilines is 1. The van der Waals surface area contributed by atoms with Gasteiger partial charge in [0.25, 0.3) is 5.56 Å². The van der Waals surface area contributed by atoms with Crippen LogP contribution < -0.4 is 10.9 Å². The molecule has 0 radical (unpaired) electrons. The average molecular weight is 341 g/mol. The van der Waals surface area contributed by atoms with E-state index in [1.54, 1.807) is 25.4 Å². The predicted octanol–water partition coefficient (Wildman–Crippen LogP) is 1.61. The van der Waals surface area contributed by atoms with Crippen molar-refractivity contribution in [3.63, 3.8) is 0 Å². The van der Waals surface area contributed by atoms with Crippen LogP contribution in [0.25, 0.3) is 0 Å². The van der Waals surface area contributed by atoms with Crippen molar-refractivity contribution in [3.8, 4) is 0 Å². The van der Waals surface area contributed by atoms with Crippen molar-refractivity contribution < 1.29 is 9.53 Å². The molecule has 25 heavy (non-hydrogen) atoms.